The van der Waals surface area contributed by atoms with E-state index in [0.717, 1.165) is 6.54 Å². The lowest BCUT2D eigenvalue weighted by atomic mass is 9.79. The van der Waals surface area contributed by atoms with E-state index in [2.05, 4.69) is 17.7 Å². The number of hydrogen-bond acceptors (Lipinski definition) is 3. The molecule has 2 saturated carbocycles. The molecule has 0 aliphatic heterocycles. The van der Waals surface area contributed by atoms with Gasteiger partial charge in [-0.2, -0.15) is 0 Å². The number of nitrogens with one attached hydrogen (secondary N) is 2. The van der Waals surface area contributed by atoms with Crippen molar-refractivity contribution in [3.63, 3.8) is 0 Å². The molecule has 3 heteroatoms. The third-order valence-electron chi connectivity index (χ3n) is 4.81. The van der Waals surface area contributed by atoms with Gasteiger partial charge < -0.3 is 15.4 Å². The van der Waals surface area contributed by atoms with Crippen LogP contribution in [0.2, 0.25) is 0 Å². The highest BCUT2D eigenvalue weighted by atomic mass is 16.5. The summed E-state index contributed by atoms with van der Waals surface area (Å²) in [5, 5.41) is 7.25. The summed E-state index contributed by atoms with van der Waals surface area (Å²) >= 11 is 0. The van der Waals surface area contributed by atoms with Crippen LogP contribution in [0.4, 0.5) is 0 Å². The van der Waals surface area contributed by atoms with Crippen molar-refractivity contribution in [2.45, 2.75) is 69.1 Å². The molecule has 0 radical (unpaired) electrons. The van der Waals surface area contributed by atoms with E-state index in [9.17, 15) is 0 Å². The Morgan fingerprint density at radius 1 is 1.18 bits per heavy atom. The van der Waals surface area contributed by atoms with E-state index in [-0.39, 0.29) is 0 Å². The highest BCUT2D eigenvalue weighted by molar-refractivity contribution is 4.92. The van der Waals surface area contributed by atoms with E-state index >= 15 is 0 Å². The van der Waals surface area contributed by atoms with Crippen LogP contribution >= 0.6 is 0 Å². The molecule has 0 amide bonds. The summed E-state index contributed by atoms with van der Waals surface area (Å²) in [6.07, 6.45) is 11.1. The lowest BCUT2D eigenvalue weighted by molar-refractivity contribution is 0.0167. The van der Waals surface area contributed by atoms with Crippen LogP contribution < -0.4 is 10.6 Å². The fourth-order valence-corrected chi connectivity index (χ4v) is 3.29. The van der Waals surface area contributed by atoms with Gasteiger partial charge in [0.2, 0.25) is 0 Å². The average Bonchev–Trinajstić information content (AvgIpc) is 2.33. The molecule has 0 bridgehead atoms. The number of methoxy groups -OCH3 is 1. The van der Waals surface area contributed by atoms with E-state index in [1.165, 1.54) is 51.4 Å². The summed E-state index contributed by atoms with van der Waals surface area (Å²) in [5.74, 6) is 0. The molecule has 100 valence electrons. The standard InChI is InChI=1S/C14H28N2O/c1-15-14(6-4-3-5-7-14)8-9-16-12-10-13(11-12)17-2/h12-13,15-16H,3-11H2,1-2H3. The molecule has 0 atom stereocenters. The van der Waals surface area contributed by atoms with Crippen LogP contribution in [0.15, 0.2) is 0 Å². The third-order valence-corrected chi connectivity index (χ3v) is 4.81. The van der Waals surface area contributed by atoms with Crippen molar-refractivity contribution in [2.75, 3.05) is 20.7 Å². The summed E-state index contributed by atoms with van der Waals surface area (Å²) in [6, 6.07) is 0.706. The van der Waals surface area contributed by atoms with Gasteiger partial charge in [-0.25, -0.2) is 0 Å². The van der Waals surface area contributed by atoms with Gasteiger partial charge in [-0.05, 0) is 45.7 Å². The molecule has 0 spiro atoms. The van der Waals surface area contributed by atoms with Gasteiger partial charge in [0.05, 0.1) is 6.10 Å². The van der Waals surface area contributed by atoms with Crippen LogP contribution in [0.5, 0.6) is 0 Å². The van der Waals surface area contributed by atoms with Crippen LogP contribution in [0, 0.1) is 0 Å². The van der Waals surface area contributed by atoms with Gasteiger partial charge in [-0.15, -0.1) is 0 Å². The quantitative estimate of drug-likeness (QED) is 0.745. The maximum absolute atomic E-state index is 5.30. The highest BCUT2D eigenvalue weighted by Crippen LogP contribution is 2.30. The molecule has 0 unspecified atom stereocenters. The molecule has 0 aromatic rings. The SMILES string of the molecule is CNC1(CCNC2CC(OC)C2)CCCCC1. The van der Waals surface area contributed by atoms with Gasteiger partial charge in [0.1, 0.15) is 0 Å². The van der Waals surface area contributed by atoms with Crippen molar-refractivity contribution in [1.82, 2.24) is 10.6 Å². The van der Waals surface area contributed by atoms with Gasteiger partial charge in [0.15, 0.2) is 0 Å². The third kappa shape index (κ3) is 3.43. The minimum absolute atomic E-state index is 0.426. The van der Waals surface area contributed by atoms with E-state index < -0.39 is 0 Å². The van der Waals surface area contributed by atoms with Crippen molar-refractivity contribution in [1.29, 1.82) is 0 Å². The first kappa shape index (κ1) is 13.3. The Bertz CT molecular complexity index is 220. The Hall–Kier alpha value is -0.120. The molecule has 0 heterocycles. The van der Waals surface area contributed by atoms with Crippen LogP contribution in [-0.4, -0.2) is 38.4 Å². The zero-order valence-electron chi connectivity index (χ0n) is 11.4. The molecule has 2 fully saturated rings. The van der Waals surface area contributed by atoms with E-state index in [4.69, 9.17) is 4.74 Å². The Morgan fingerprint density at radius 2 is 1.88 bits per heavy atom. The van der Waals surface area contributed by atoms with Crippen molar-refractivity contribution in [2.24, 2.45) is 0 Å². The van der Waals surface area contributed by atoms with Crippen LogP contribution in [0.1, 0.15) is 51.4 Å². The molecule has 2 aliphatic rings. The second-order valence-electron chi connectivity index (χ2n) is 5.82. The molecule has 2 aliphatic carbocycles. The second-order valence-corrected chi connectivity index (χ2v) is 5.82. The zero-order valence-corrected chi connectivity index (χ0v) is 11.4. The molecule has 0 saturated heterocycles. The molecule has 0 aromatic heterocycles. The zero-order chi connectivity index (χ0) is 12.1. The Kier molecular flexibility index (Phi) is 4.83. The van der Waals surface area contributed by atoms with E-state index in [1.807, 2.05) is 7.11 Å². The van der Waals surface area contributed by atoms with Gasteiger partial charge >= 0.3 is 0 Å². The molecule has 17 heavy (non-hydrogen) atoms. The second kappa shape index (κ2) is 6.17. The van der Waals surface area contributed by atoms with Crippen LogP contribution in [0.3, 0.4) is 0 Å². The lowest BCUT2D eigenvalue weighted by Crippen LogP contribution is -2.50. The molecule has 2 N–H and O–H groups in total. The first-order valence-electron chi connectivity index (χ1n) is 7.23. The summed E-state index contributed by atoms with van der Waals surface area (Å²) in [4.78, 5) is 0. The monoisotopic (exact) mass is 240 g/mol. The van der Waals surface area contributed by atoms with Crippen LogP contribution in [-0.2, 0) is 4.74 Å². The predicted octanol–water partition coefficient (Wildman–Crippen LogP) is 2.07. The van der Waals surface area contributed by atoms with Gasteiger partial charge in [0.25, 0.3) is 0 Å². The molecular formula is C14H28N2O. The van der Waals surface area contributed by atoms with Gasteiger partial charge in [-0.1, -0.05) is 19.3 Å². The summed E-state index contributed by atoms with van der Waals surface area (Å²) < 4.78 is 5.30. The molecule has 3 nitrogen and oxygen atoms in total. The fourth-order valence-electron chi connectivity index (χ4n) is 3.29. The number of hydrogen-bond donors (Lipinski definition) is 2. The van der Waals surface area contributed by atoms with E-state index in [1.54, 1.807) is 0 Å². The van der Waals surface area contributed by atoms with Crippen molar-refractivity contribution >= 4 is 0 Å². The maximum atomic E-state index is 5.30. The van der Waals surface area contributed by atoms with Crippen molar-refractivity contribution < 1.29 is 4.74 Å². The van der Waals surface area contributed by atoms with Crippen molar-refractivity contribution in [3.8, 4) is 0 Å². The Morgan fingerprint density at radius 3 is 2.47 bits per heavy atom. The Labute approximate surface area is 106 Å². The van der Waals surface area contributed by atoms with Gasteiger partial charge in [0, 0.05) is 18.7 Å². The van der Waals surface area contributed by atoms with E-state index in [0.29, 0.717) is 17.7 Å². The smallest absolute Gasteiger partial charge is 0.0601 e. The largest absolute Gasteiger partial charge is 0.381 e. The molecular weight excluding hydrogens is 212 g/mol. The first-order valence-corrected chi connectivity index (χ1v) is 7.23. The van der Waals surface area contributed by atoms with Crippen LogP contribution in [0.25, 0.3) is 0 Å². The topological polar surface area (TPSA) is 33.3 Å². The normalized spacial score (nSPS) is 32.1. The Balaban J connectivity index is 1.63. The average molecular weight is 240 g/mol. The molecule has 0 aromatic carbocycles. The van der Waals surface area contributed by atoms with Crippen molar-refractivity contribution in [3.05, 3.63) is 0 Å². The summed E-state index contributed by atoms with van der Waals surface area (Å²) in [6.45, 7) is 1.15. The summed E-state index contributed by atoms with van der Waals surface area (Å²) in [7, 11) is 3.95. The first-order chi connectivity index (χ1) is 8.28. The number of rotatable bonds is 6. The van der Waals surface area contributed by atoms with Gasteiger partial charge in [-0.3, -0.25) is 0 Å². The minimum atomic E-state index is 0.426. The predicted molar refractivity (Wildman–Crippen MR) is 71.3 cm³/mol. The molecule has 2 rings (SSSR count). The fraction of sp³-hybridized carbons (Fsp3) is 1.00. The summed E-state index contributed by atoms with van der Waals surface area (Å²) in [5.41, 5.74) is 0.426. The highest BCUT2D eigenvalue weighted by Gasteiger charge is 2.32. The number of ether oxygens (including phenoxy) is 1. The lowest BCUT2D eigenvalue weighted by Gasteiger charge is -2.39. The minimum Gasteiger partial charge on any atom is -0.381 e. The maximum Gasteiger partial charge on any atom is 0.0601 e.